The lowest BCUT2D eigenvalue weighted by atomic mass is 9.97. The third-order valence-electron chi connectivity index (χ3n) is 4.67. The van der Waals surface area contributed by atoms with Gasteiger partial charge in [-0.25, -0.2) is 0 Å². The molecule has 2 aromatic rings. The minimum absolute atomic E-state index is 0.135. The molecule has 0 spiro atoms. The van der Waals surface area contributed by atoms with E-state index >= 15 is 0 Å². The van der Waals surface area contributed by atoms with Crippen LogP contribution < -0.4 is 10.1 Å². The topological polar surface area (TPSA) is 38.3 Å². The Hall–Kier alpha value is -2.73. The Morgan fingerprint density at radius 2 is 2.00 bits per heavy atom. The second-order valence-corrected chi connectivity index (χ2v) is 6.38. The molecule has 1 atom stereocenters. The molecule has 1 aliphatic rings. The Morgan fingerprint density at radius 3 is 2.80 bits per heavy atom. The van der Waals surface area contributed by atoms with Crippen LogP contribution in [0.5, 0.6) is 5.75 Å². The number of ether oxygens (including phenoxy) is 1. The smallest absolute Gasteiger partial charge is 0.220 e. The molecular formula is C22H23NO2. The lowest BCUT2D eigenvalue weighted by Gasteiger charge is -2.12. The fraction of sp³-hybridized carbons (Fsp3) is 0.318. The number of amides is 1. The molecule has 1 N–H and O–H groups in total. The van der Waals surface area contributed by atoms with Crippen LogP contribution in [0.4, 0.5) is 0 Å². The van der Waals surface area contributed by atoms with Gasteiger partial charge in [0.25, 0.3) is 0 Å². The molecule has 3 nitrogen and oxygen atoms in total. The number of terminal acetylenes is 1. The van der Waals surface area contributed by atoms with Gasteiger partial charge in [0, 0.05) is 13.0 Å². The first-order valence-corrected chi connectivity index (χ1v) is 8.76. The minimum atomic E-state index is 0.135. The van der Waals surface area contributed by atoms with Gasteiger partial charge in [0.05, 0.1) is 0 Å². The number of hydrogen-bond donors (Lipinski definition) is 1. The molecule has 0 bridgehead atoms. The van der Waals surface area contributed by atoms with E-state index in [0.29, 0.717) is 18.9 Å². The largest absolute Gasteiger partial charge is 0.481 e. The van der Waals surface area contributed by atoms with Crippen LogP contribution >= 0.6 is 0 Å². The van der Waals surface area contributed by atoms with Crippen LogP contribution in [0.1, 0.15) is 35.4 Å². The summed E-state index contributed by atoms with van der Waals surface area (Å²) in [5.74, 6) is 3.71. The fourth-order valence-corrected chi connectivity index (χ4v) is 3.38. The van der Waals surface area contributed by atoms with Gasteiger partial charge in [-0.3, -0.25) is 4.79 Å². The van der Waals surface area contributed by atoms with Crippen LogP contribution in [-0.4, -0.2) is 19.1 Å². The molecule has 3 rings (SSSR count). The lowest BCUT2D eigenvalue weighted by molar-refractivity contribution is -0.121. The maximum absolute atomic E-state index is 12.2. The van der Waals surface area contributed by atoms with E-state index in [-0.39, 0.29) is 12.5 Å². The van der Waals surface area contributed by atoms with E-state index < -0.39 is 0 Å². The molecule has 0 saturated carbocycles. The molecule has 0 radical (unpaired) electrons. The second-order valence-electron chi connectivity index (χ2n) is 6.38. The zero-order valence-electron chi connectivity index (χ0n) is 14.3. The first kappa shape index (κ1) is 17.1. The molecule has 3 heteroatoms. The Kier molecular flexibility index (Phi) is 5.74. The first-order valence-electron chi connectivity index (χ1n) is 8.76. The van der Waals surface area contributed by atoms with Crippen molar-refractivity contribution in [3.8, 4) is 18.1 Å². The second kappa shape index (κ2) is 8.39. The van der Waals surface area contributed by atoms with Gasteiger partial charge in [-0.15, -0.1) is 6.42 Å². The van der Waals surface area contributed by atoms with Gasteiger partial charge in [0.1, 0.15) is 12.4 Å². The number of nitrogens with one attached hydrogen (secondary N) is 1. The Morgan fingerprint density at radius 1 is 1.20 bits per heavy atom. The van der Waals surface area contributed by atoms with E-state index in [1.54, 1.807) is 0 Å². The highest BCUT2D eigenvalue weighted by Gasteiger charge is 2.23. The predicted octanol–water partition coefficient (Wildman–Crippen LogP) is 3.48. The van der Waals surface area contributed by atoms with Crippen LogP contribution in [0.25, 0.3) is 0 Å². The van der Waals surface area contributed by atoms with Crippen molar-refractivity contribution in [2.45, 2.75) is 31.6 Å². The van der Waals surface area contributed by atoms with Crippen molar-refractivity contribution < 1.29 is 9.53 Å². The van der Waals surface area contributed by atoms with Crippen molar-refractivity contribution in [1.29, 1.82) is 0 Å². The molecule has 0 saturated heterocycles. The maximum atomic E-state index is 12.2. The zero-order valence-corrected chi connectivity index (χ0v) is 14.3. The molecule has 0 aromatic heterocycles. The van der Waals surface area contributed by atoms with Crippen molar-refractivity contribution in [1.82, 2.24) is 5.32 Å². The summed E-state index contributed by atoms with van der Waals surface area (Å²) in [6, 6.07) is 16.3. The van der Waals surface area contributed by atoms with E-state index in [1.165, 1.54) is 16.7 Å². The van der Waals surface area contributed by atoms with E-state index in [0.717, 1.165) is 25.0 Å². The number of carbonyl (C=O) groups is 1. The number of aryl methyl sites for hydroxylation is 1. The molecule has 1 unspecified atom stereocenters. The van der Waals surface area contributed by atoms with Crippen LogP contribution in [0.15, 0.2) is 48.5 Å². The number of carbonyl (C=O) groups excluding carboxylic acids is 1. The summed E-state index contributed by atoms with van der Waals surface area (Å²) in [6.45, 7) is 0.928. The maximum Gasteiger partial charge on any atom is 0.220 e. The summed E-state index contributed by atoms with van der Waals surface area (Å²) in [7, 11) is 0. The predicted molar refractivity (Wildman–Crippen MR) is 99.6 cm³/mol. The summed E-state index contributed by atoms with van der Waals surface area (Å²) >= 11 is 0. The van der Waals surface area contributed by atoms with Crippen molar-refractivity contribution >= 4 is 5.91 Å². The molecule has 0 heterocycles. The molecule has 128 valence electrons. The molecule has 25 heavy (non-hydrogen) atoms. The van der Waals surface area contributed by atoms with Crippen LogP contribution in [-0.2, 0) is 17.6 Å². The third-order valence-corrected chi connectivity index (χ3v) is 4.67. The summed E-state index contributed by atoms with van der Waals surface area (Å²) < 4.78 is 5.35. The Labute approximate surface area is 149 Å². The summed E-state index contributed by atoms with van der Waals surface area (Å²) in [6.07, 6.45) is 8.72. The van der Waals surface area contributed by atoms with Crippen molar-refractivity contribution in [3.63, 3.8) is 0 Å². The van der Waals surface area contributed by atoms with E-state index in [4.69, 9.17) is 11.2 Å². The average Bonchev–Trinajstić information content (AvgIpc) is 3.04. The van der Waals surface area contributed by atoms with Gasteiger partial charge in [0.15, 0.2) is 0 Å². The highest BCUT2D eigenvalue weighted by molar-refractivity contribution is 5.77. The van der Waals surface area contributed by atoms with E-state index in [2.05, 4.69) is 35.5 Å². The van der Waals surface area contributed by atoms with E-state index in [9.17, 15) is 4.79 Å². The lowest BCUT2D eigenvalue weighted by Crippen LogP contribution is -2.26. The number of benzene rings is 2. The molecular weight excluding hydrogens is 310 g/mol. The number of fused-ring (bicyclic) bond motifs is 1. The van der Waals surface area contributed by atoms with Gasteiger partial charge in [0.2, 0.25) is 5.91 Å². The molecule has 2 aromatic carbocycles. The zero-order chi connectivity index (χ0) is 17.5. The SMILES string of the molecule is C#CCOc1ccc(CCNC(=O)CC2CCc3ccccc32)cc1. The molecule has 0 aliphatic heterocycles. The van der Waals surface area contributed by atoms with Crippen LogP contribution in [0.3, 0.4) is 0 Å². The third kappa shape index (κ3) is 4.64. The minimum Gasteiger partial charge on any atom is -0.481 e. The summed E-state index contributed by atoms with van der Waals surface area (Å²) in [5, 5.41) is 3.04. The number of hydrogen-bond acceptors (Lipinski definition) is 2. The quantitative estimate of drug-likeness (QED) is 0.788. The van der Waals surface area contributed by atoms with Gasteiger partial charge in [-0.05, 0) is 54.0 Å². The molecule has 1 amide bonds. The standard InChI is InChI=1S/C22H23NO2/c1-2-15-25-20-11-7-17(8-12-20)13-14-23-22(24)16-19-10-9-18-5-3-4-6-21(18)19/h1,3-8,11-12,19H,9-10,13-16H2,(H,23,24). The van der Waals surface area contributed by atoms with Crippen LogP contribution in [0.2, 0.25) is 0 Å². The Balaban J connectivity index is 1.42. The van der Waals surface area contributed by atoms with Gasteiger partial charge >= 0.3 is 0 Å². The van der Waals surface area contributed by atoms with E-state index in [1.807, 2.05) is 24.3 Å². The van der Waals surface area contributed by atoms with Gasteiger partial charge in [-0.1, -0.05) is 42.3 Å². The van der Waals surface area contributed by atoms with Gasteiger partial charge < -0.3 is 10.1 Å². The van der Waals surface area contributed by atoms with Crippen molar-refractivity contribution in [3.05, 3.63) is 65.2 Å². The first-order chi connectivity index (χ1) is 12.3. The fourth-order valence-electron chi connectivity index (χ4n) is 3.38. The Bertz CT molecular complexity index is 758. The summed E-state index contributed by atoms with van der Waals surface area (Å²) in [5.41, 5.74) is 3.91. The highest BCUT2D eigenvalue weighted by Crippen LogP contribution is 2.34. The van der Waals surface area contributed by atoms with Crippen molar-refractivity contribution in [2.24, 2.45) is 0 Å². The molecule has 1 aliphatic carbocycles. The average molecular weight is 333 g/mol. The summed E-state index contributed by atoms with van der Waals surface area (Å²) in [4.78, 5) is 12.2. The molecule has 0 fully saturated rings. The highest BCUT2D eigenvalue weighted by atomic mass is 16.5. The van der Waals surface area contributed by atoms with Gasteiger partial charge in [-0.2, -0.15) is 0 Å². The van der Waals surface area contributed by atoms with Crippen molar-refractivity contribution in [2.75, 3.05) is 13.2 Å². The normalized spacial score (nSPS) is 15.2. The number of rotatable bonds is 7. The van der Waals surface area contributed by atoms with Crippen LogP contribution in [0, 0.1) is 12.3 Å². The monoisotopic (exact) mass is 333 g/mol.